The number of esters is 1. The van der Waals surface area contributed by atoms with Crippen molar-refractivity contribution < 1.29 is 19.1 Å². The third-order valence-corrected chi connectivity index (χ3v) is 4.20. The molecule has 2 atom stereocenters. The number of benzene rings is 1. The summed E-state index contributed by atoms with van der Waals surface area (Å²) in [5.41, 5.74) is 0.598. The van der Waals surface area contributed by atoms with Crippen molar-refractivity contribution in [2.75, 3.05) is 13.1 Å². The van der Waals surface area contributed by atoms with E-state index in [0.29, 0.717) is 5.37 Å². The van der Waals surface area contributed by atoms with Gasteiger partial charge in [0.25, 0.3) is 0 Å². The van der Waals surface area contributed by atoms with E-state index >= 15 is 0 Å². The van der Waals surface area contributed by atoms with Gasteiger partial charge in [0.2, 0.25) is 0 Å². The van der Waals surface area contributed by atoms with Crippen molar-refractivity contribution in [2.24, 2.45) is 0 Å². The van der Waals surface area contributed by atoms with Crippen LogP contribution in [0.2, 0.25) is 0 Å². The molecular weight excluding hydrogens is 302 g/mol. The lowest BCUT2D eigenvalue weighted by atomic mass is 10.2. The quantitative estimate of drug-likeness (QED) is 0.472. The number of hydrogen-bond acceptors (Lipinski definition) is 6. The van der Waals surface area contributed by atoms with Crippen LogP contribution in [0.25, 0.3) is 0 Å². The monoisotopic (exact) mass is 323 g/mol. The zero-order valence-electron chi connectivity index (χ0n) is 13.1. The fraction of sp³-hybridized carbons (Fsp3) is 0.500. The van der Waals surface area contributed by atoms with E-state index in [2.05, 4.69) is 16.9 Å². The molecule has 0 spiro atoms. The fourth-order valence-electron chi connectivity index (χ4n) is 1.81. The molecule has 1 saturated heterocycles. The smallest absolute Gasteiger partial charge is 0.428 e. The summed E-state index contributed by atoms with van der Waals surface area (Å²) >= 11 is 1.78. The predicted molar refractivity (Wildman–Crippen MR) is 85.4 cm³/mol. The third kappa shape index (κ3) is 6.07. The summed E-state index contributed by atoms with van der Waals surface area (Å²) in [5.74, 6) is 0.334. The lowest BCUT2D eigenvalue weighted by Gasteiger charge is -2.18. The zero-order valence-corrected chi connectivity index (χ0v) is 13.9. The Morgan fingerprint density at radius 1 is 1.27 bits per heavy atom. The highest BCUT2D eigenvalue weighted by atomic mass is 32.2. The van der Waals surface area contributed by atoms with Crippen molar-refractivity contribution in [1.29, 1.82) is 0 Å². The van der Waals surface area contributed by atoms with Crippen LogP contribution in [0.1, 0.15) is 26.3 Å². The van der Waals surface area contributed by atoms with Gasteiger partial charge < -0.3 is 9.47 Å². The van der Waals surface area contributed by atoms with Crippen LogP contribution in [-0.2, 0) is 20.0 Å². The van der Waals surface area contributed by atoms with Crippen molar-refractivity contribution in [3.8, 4) is 0 Å². The SMILES string of the molecule is CC(C)(C)OC(=O)OC(=O)CN1CC1SCc1ccccc1. The minimum atomic E-state index is -0.937. The molecule has 1 aromatic carbocycles. The largest absolute Gasteiger partial charge is 0.516 e. The molecule has 0 bridgehead atoms. The average molecular weight is 323 g/mol. The number of carbonyl (C=O) groups is 2. The molecule has 1 heterocycles. The minimum Gasteiger partial charge on any atom is -0.428 e. The van der Waals surface area contributed by atoms with Crippen LogP contribution in [0.3, 0.4) is 0 Å². The number of thioether (sulfide) groups is 1. The summed E-state index contributed by atoms with van der Waals surface area (Å²) in [4.78, 5) is 25.0. The van der Waals surface area contributed by atoms with E-state index in [1.807, 2.05) is 23.1 Å². The number of hydrogen-bond donors (Lipinski definition) is 0. The van der Waals surface area contributed by atoms with Crippen LogP contribution in [-0.4, -0.2) is 41.1 Å². The van der Waals surface area contributed by atoms with Crippen LogP contribution < -0.4 is 0 Å². The van der Waals surface area contributed by atoms with Crippen molar-refractivity contribution in [3.63, 3.8) is 0 Å². The summed E-state index contributed by atoms with van der Waals surface area (Å²) in [6.45, 7) is 6.12. The van der Waals surface area contributed by atoms with Gasteiger partial charge in [-0.05, 0) is 26.3 Å². The Balaban J connectivity index is 1.64. The molecule has 5 nitrogen and oxygen atoms in total. The molecule has 1 aliphatic heterocycles. The van der Waals surface area contributed by atoms with Gasteiger partial charge in [-0.25, -0.2) is 4.79 Å². The van der Waals surface area contributed by atoms with Gasteiger partial charge in [-0.2, -0.15) is 0 Å². The second-order valence-corrected chi connectivity index (χ2v) is 7.29. The van der Waals surface area contributed by atoms with E-state index in [1.54, 1.807) is 32.5 Å². The van der Waals surface area contributed by atoms with Gasteiger partial charge in [0.05, 0.1) is 11.9 Å². The topological polar surface area (TPSA) is 55.6 Å². The van der Waals surface area contributed by atoms with E-state index in [9.17, 15) is 9.59 Å². The first-order chi connectivity index (χ1) is 10.3. The maximum Gasteiger partial charge on any atom is 0.516 e. The van der Waals surface area contributed by atoms with Crippen LogP contribution in [0, 0.1) is 0 Å². The van der Waals surface area contributed by atoms with E-state index in [0.717, 1.165) is 12.3 Å². The fourth-order valence-corrected chi connectivity index (χ4v) is 2.97. The van der Waals surface area contributed by atoms with Crippen molar-refractivity contribution >= 4 is 23.9 Å². The van der Waals surface area contributed by atoms with Crippen molar-refractivity contribution in [1.82, 2.24) is 4.90 Å². The van der Waals surface area contributed by atoms with Gasteiger partial charge in [0.15, 0.2) is 0 Å². The summed E-state index contributed by atoms with van der Waals surface area (Å²) in [5, 5.41) is 0.311. The molecule has 1 aliphatic rings. The van der Waals surface area contributed by atoms with Crippen LogP contribution >= 0.6 is 11.8 Å². The maximum absolute atomic E-state index is 11.6. The molecule has 120 valence electrons. The maximum atomic E-state index is 11.6. The molecule has 22 heavy (non-hydrogen) atoms. The molecule has 0 aromatic heterocycles. The van der Waals surface area contributed by atoms with Crippen LogP contribution in [0.5, 0.6) is 0 Å². The molecule has 0 aliphatic carbocycles. The summed E-state index contributed by atoms with van der Waals surface area (Å²) in [6.07, 6.45) is -0.937. The Morgan fingerprint density at radius 2 is 1.95 bits per heavy atom. The van der Waals surface area contributed by atoms with Gasteiger partial charge >= 0.3 is 12.1 Å². The lowest BCUT2D eigenvalue weighted by molar-refractivity contribution is -0.141. The normalized spacial score (nSPS) is 20.3. The molecule has 1 aromatic rings. The van der Waals surface area contributed by atoms with E-state index in [4.69, 9.17) is 4.74 Å². The Kier molecular flexibility index (Phi) is 5.47. The molecule has 6 heteroatoms. The van der Waals surface area contributed by atoms with Gasteiger partial charge in [-0.15, -0.1) is 11.8 Å². The Morgan fingerprint density at radius 3 is 2.59 bits per heavy atom. The van der Waals surface area contributed by atoms with Gasteiger partial charge in [-0.1, -0.05) is 30.3 Å². The lowest BCUT2D eigenvalue weighted by Crippen LogP contribution is -2.28. The molecule has 2 unspecified atom stereocenters. The Hall–Kier alpha value is -1.53. The van der Waals surface area contributed by atoms with E-state index in [1.165, 1.54) is 5.56 Å². The molecule has 2 rings (SSSR count). The molecule has 0 saturated carbocycles. The van der Waals surface area contributed by atoms with Gasteiger partial charge in [-0.3, -0.25) is 9.69 Å². The Labute approximate surface area is 135 Å². The van der Waals surface area contributed by atoms with Crippen LogP contribution in [0.15, 0.2) is 30.3 Å². The first-order valence-electron chi connectivity index (χ1n) is 7.17. The predicted octanol–water partition coefficient (Wildman–Crippen LogP) is 3.04. The third-order valence-electron chi connectivity index (χ3n) is 2.87. The first kappa shape index (κ1) is 16.8. The zero-order chi connectivity index (χ0) is 16.2. The highest BCUT2D eigenvalue weighted by Gasteiger charge is 2.36. The number of rotatable bonds is 5. The highest BCUT2D eigenvalue weighted by molar-refractivity contribution is 7.99. The molecule has 0 radical (unpaired) electrons. The molecule has 0 amide bonds. The average Bonchev–Trinajstić information content (AvgIpc) is 3.13. The summed E-state index contributed by atoms with van der Waals surface area (Å²) in [6, 6.07) is 10.2. The number of ether oxygens (including phenoxy) is 2. The van der Waals surface area contributed by atoms with Gasteiger partial charge in [0, 0.05) is 12.3 Å². The summed E-state index contributed by atoms with van der Waals surface area (Å²) in [7, 11) is 0. The van der Waals surface area contributed by atoms with E-state index < -0.39 is 17.7 Å². The first-order valence-corrected chi connectivity index (χ1v) is 8.21. The second kappa shape index (κ2) is 7.15. The van der Waals surface area contributed by atoms with Crippen LogP contribution in [0.4, 0.5) is 4.79 Å². The molecule has 1 fully saturated rings. The molecular formula is C16H21NO4S. The standard InChI is InChI=1S/C16H21NO4S/c1-16(2,3)21-15(19)20-14(18)10-17-9-13(17)22-11-12-7-5-4-6-8-12/h4-8,13H,9-11H2,1-3H3. The minimum absolute atomic E-state index is 0.117. The van der Waals surface area contributed by atoms with Crippen molar-refractivity contribution in [2.45, 2.75) is 37.5 Å². The number of nitrogens with zero attached hydrogens (tertiary/aromatic N) is 1. The summed E-state index contributed by atoms with van der Waals surface area (Å²) < 4.78 is 9.57. The Bertz CT molecular complexity index is 527. The number of carbonyl (C=O) groups excluding carboxylic acids is 2. The van der Waals surface area contributed by atoms with E-state index in [-0.39, 0.29) is 6.54 Å². The second-order valence-electron chi connectivity index (χ2n) is 6.12. The molecule has 0 N–H and O–H groups in total. The van der Waals surface area contributed by atoms with Gasteiger partial charge in [0.1, 0.15) is 5.60 Å². The highest BCUT2D eigenvalue weighted by Crippen LogP contribution is 2.31. The van der Waals surface area contributed by atoms with Crippen molar-refractivity contribution in [3.05, 3.63) is 35.9 Å².